The highest BCUT2D eigenvalue weighted by molar-refractivity contribution is 5.82. The number of likely N-dealkylation sites (tertiary alicyclic amines) is 1. The third-order valence-electron chi connectivity index (χ3n) is 5.07. The number of hydrogen-bond donors (Lipinski definition) is 1. The highest BCUT2D eigenvalue weighted by Crippen LogP contribution is 2.26. The maximum Gasteiger partial charge on any atom is 0.239 e. The molecule has 2 saturated heterocycles. The molecule has 0 aromatic carbocycles. The molecule has 0 spiro atoms. The van der Waals surface area contributed by atoms with E-state index in [2.05, 4.69) is 24.1 Å². The lowest BCUT2D eigenvalue weighted by molar-refractivity contribution is -0.137. The zero-order valence-corrected chi connectivity index (χ0v) is 13.4. The molecule has 1 N–H and O–H groups in total. The molecule has 2 fully saturated rings. The fourth-order valence-electron chi connectivity index (χ4n) is 3.69. The molecule has 2 atom stereocenters. The van der Waals surface area contributed by atoms with Crippen LogP contribution in [0.2, 0.25) is 0 Å². The highest BCUT2D eigenvalue weighted by atomic mass is 16.2. The molecule has 2 aliphatic heterocycles. The quantitative estimate of drug-likeness (QED) is 0.835. The van der Waals surface area contributed by atoms with E-state index in [1.54, 1.807) is 0 Å². The lowest BCUT2D eigenvalue weighted by Gasteiger charge is -2.37. The lowest BCUT2D eigenvalue weighted by Crippen LogP contribution is -2.52. The smallest absolute Gasteiger partial charge is 0.239 e. The second kappa shape index (κ2) is 7.41. The molecule has 0 radical (unpaired) electrons. The third kappa shape index (κ3) is 3.53. The summed E-state index contributed by atoms with van der Waals surface area (Å²) in [6.07, 6.45) is 6.85. The van der Waals surface area contributed by atoms with Crippen molar-refractivity contribution in [2.24, 2.45) is 0 Å². The van der Waals surface area contributed by atoms with Crippen LogP contribution in [-0.2, 0) is 4.79 Å². The van der Waals surface area contributed by atoms with Crippen LogP contribution < -0.4 is 5.32 Å². The maximum atomic E-state index is 12.8. The standard InChI is InChI=1S/C16H31N3O/c1-4-6-13(2)18(3)16(20)15-7-5-12-19(15)14-8-10-17-11-9-14/h13-15,17H,4-12H2,1-3H3. The summed E-state index contributed by atoms with van der Waals surface area (Å²) >= 11 is 0. The van der Waals surface area contributed by atoms with E-state index in [1.807, 2.05) is 11.9 Å². The SMILES string of the molecule is CCCC(C)N(C)C(=O)C1CCCN1C1CCNCC1. The number of amides is 1. The number of carbonyl (C=O) groups is 1. The van der Waals surface area contributed by atoms with Gasteiger partial charge in [0.05, 0.1) is 6.04 Å². The van der Waals surface area contributed by atoms with Gasteiger partial charge >= 0.3 is 0 Å². The van der Waals surface area contributed by atoms with Crippen molar-refractivity contribution in [2.75, 3.05) is 26.7 Å². The van der Waals surface area contributed by atoms with Crippen LogP contribution >= 0.6 is 0 Å². The van der Waals surface area contributed by atoms with Gasteiger partial charge in [0, 0.05) is 19.1 Å². The maximum absolute atomic E-state index is 12.8. The molecule has 0 aromatic rings. The van der Waals surface area contributed by atoms with Crippen LogP contribution in [-0.4, -0.2) is 60.5 Å². The van der Waals surface area contributed by atoms with E-state index in [1.165, 1.54) is 19.3 Å². The van der Waals surface area contributed by atoms with Gasteiger partial charge in [-0.2, -0.15) is 0 Å². The van der Waals surface area contributed by atoms with Crippen molar-refractivity contribution in [1.82, 2.24) is 15.1 Å². The summed E-state index contributed by atoms with van der Waals surface area (Å²) in [7, 11) is 1.99. The third-order valence-corrected chi connectivity index (χ3v) is 5.07. The minimum atomic E-state index is 0.141. The number of nitrogens with zero attached hydrogens (tertiary/aromatic N) is 2. The number of likely N-dealkylation sites (N-methyl/N-ethyl adjacent to an activating group) is 1. The Balaban J connectivity index is 1.96. The van der Waals surface area contributed by atoms with E-state index in [-0.39, 0.29) is 6.04 Å². The molecule has 2 unspecified atom stereocenters. The van der Waals surface area contributed by atoms with Gasteiger partial charge < -0.3 is 10.2 Å². The van der Waals surface area contributed by atoms with Crippen LogP contribution in [0.25, 0.3) is 0 Å². The molecular weight excluding hydrogens is 250 g/mol. The van der Waals surface area contributed by atoms with Gasteiger partial charge in [0.1, 0.15) is 0 Å². The molecule has 0 aromatic heterocycles. The summed E-state index contributed by atoms with van der Waals surface area (Å²) in [5.74, 6) is 0.349. The van der Waals surface area contributed by atoms with Crippen LogP contribution in [0.4, 0.5) is 0 Å². The van der Waals surface area contributed by atoms with E-state index in [0.29, 0.717) is 18.0 Å². The first-order valence-corrected chi connectivity index (χ1v) is 8.38. The lowest BCUT2D eigenvalue weighted by atomic mass is 10.0. The largest absolute Gasteiger partial charge is 0.342 e. The Morgan fingerprint density at radius 2 is 2.05 bits per heavy atom. The van der Waals surface area contributed by atoms with E-state index in [0.717, 1.165) is 38.9 Å². The average molecular weight is 281 g/mol. The van der Waals surface area contributed by atoms with Crippen molar-refractivity contribution in [3.05, 3.63) is 0 Å². The second-order valence-corrected chi connectivity index (χ2v) is 6.46. The van der Waals surface area contributed by atoms with Crippen molar-refractivity contribution >= 4 is 5.91 Å². The molecule has 0 saturated carbocycles. The number of nitrogens with one attached hydrogen (secondary N) is 1. The Bertz CT molecular complexity index is 315. The van der Waals surface area contributed by atoms with Crippen molar-refractivity contribution in [1.29, 1.82) is 0 Å². The minimum absolute atomic E-state index is 0.141. The molecule has 2 rings (SSSR count). The molecule has 0 bridgehead atoms. The molecule has 20 heavy (non-hydrogen) atoms. The van der Waals surface area contributed by atoms with E-state index < -0.39 is 0 Å². The molecule has 4 heteroatoms. The summed E-state index contributed by atoms with van der Waals surface area (Å²) < 4.78 is 0. The molecule has 116 valence electrons. The number of carbonyl (C=O) groups excluding carboxylic acids is 1. The van der Waals surface area contributed by atoms with Crippen molar-refractivity contribution in [3.8, 4) is 0 Å². The zero-order chi connectivity index (χ0) is 14.5. The fraction of sp³-hybridized carbons (Fsp3) is 0.938. The van der Waals surface area contributed by atoms with Gasteiger partial charge in [-0.3, -0.25) is 9.69 Å². The van der Waals surface area contributed by atoms with Crippen LogP contribution in [0.3, 0.4) is 0 Å². The summed E-state index contributed by atoms with van der Waals surface area (Å²) in [6, 6.07) is 1.12. The van der Waals surface area contributed by atoms with Gasteiger partial charge in [-0.05, 0) is 58.7 Å². The Kier molecular flexibility index (Phi) is 5.85. The Labute approximate surface area is 123 Å². The summed E-state index contributed by atoms with van der Waals surface area (Å²) in [4.78, 5) is 17.3. The van der Waals surface area contributed by atoms with Gasteiger partial charge in [0.15, 0.2) is 0 Å². The molecule has 0 aliphatic carbocycles. The molecule has 1 amide bonds. The van der Waals surface area contributed by atoms with Gasteiger partial charge in [-0.1, -0.05) is 13.3 Å². The number of rotatable bonds is 5. The predicted molar refractivity (Wildman–Crippen MR) is 82.8 cm³/mol. The van der Waals surface area contributed by atoms with Gasteiger partial charge in [-0.25, -0.2) is 0 Å². The van der Waals surface area contributed by atoms with Crippen LogP contribution in [0.5, 0.6) is 0 Å². The van der Waals surface area contributed by atoms with Crippen LogP contribution in [0.15, 0.2) is 0 Å². The highest BCUT2D eigenvalue weighted by Gasteiger charge is 2.37. The first-order chi connectivity index (χ1) is 9.65. The average Bonchev–Trinajstić information content (AvgIpc) is 2.96. The topological polar surface area (TPSA) is 35.6 Å². The Hall–Kier alpha value is -0.610. The molecule has 4 nitrogen and oxygen atoms in total. The molecular formula is C16H31N3O. The van der Waals surface area contributed by atoms with Crippen LogP contribution in [0, 0.1) is 0 Å². The van der Waals surface area contributed by atoms with Gasteiger partial charge in [-0.15, -0.1) is 0 Å². The fourth-order valence-corrected chi connectivity index (χ4v) is 3.69. The predicted octanol–water partition coefficient (Wildman–Crippen LogP) is 1.85. The zero-order valence-electron chi connectivity index (χ0n) is 13.4. The normalized spacial score (nSPS) is 26.6. The van der Waals surface area contributed by atoms with Crippen LogP contribution in [0.1, 0.15) is 52.4 Å². The Morgan fingerprint density at radius 3 is 2.70 bits per heavy atom. The number of hydrogen-bond acceptors (Lipinski definition) is 3. The molecule has 2 heterocycles. The summed E-state index contributed by atoms with van der Waals surface area (Å²) in [5.41, 5.74) is 0. The molecule has 2 aliphatic rings. The van der Waals surface area contributed by atoms with E-state index in [4.69, 9.17) is 0 Å². The second-order valence-electron chi connectivity index (χ2n) is 6.46. The minimum Gasteiger partial charge on any atom is -0.342 e. The summed E-state index contributed by atoms with van der Waals surface area (Å²) in [5, 5.41) is 3.42. The van der Waals surface area contributed by atoms with Crippen molar-refractivity contribution in [3.63, 3.8) is 0 Å². The first-order valence-electron chi connectivity index (χ1n) is 8.38. The van der Waals surface area contributed by atoms with E-state index in [9.17, 15) is 4.79 Å². The van der Waals surface area contributed by atoms with E-state index >= 15 is 0 Å². The van der Waals surface area contributed by atoms with Crippen molar-refractivity contribution < 1.29 is 4.79 Å². The first kappa shape index (κ1) is 15.8. The Morgan fingerprint density at radius 1 is 1.35 bits per heavy atom. The monoisotopic (exact) mass is 281 g/mol. The van der Waals surface area contributed by atoms with Gasteiger partial charge in [0.2, 0.25) is 5.91 Å². The summed E-state index contributed by atoms with van der Waals surface area (Å²) in [6.45, 7) is 7.67. The van der Waals surface area contributed by atoms with Gasteiger partial charge in [0.25, 0.3) is 0 Å². The number of piperidine rings is 1. The van der Waals surface area contributed by atoms with Crippen molar-refractivity contribution in [2.45, 2.75) is 70.5 Å².